The molecule has 0 aliphatic rings. The Balaban J connectivity index is 1.46. The number of aryl methyl sites for hydroxylation is 1. The van der Waals surface area contributed by atoms with Gasteiger partial charge in [-0.1, -0.05) is 48.0 Å². The lowest BCUT2D eigenvalue weighted by atomic mass is 10.2. The van der Waals surface area contributed by atoms with E-state index in [1.165, 1.54) is 0 Å². The third-order valence-electron chi connectivity index (χ3n) is 3.91. The molecular weight excluding hydrogens is 346 g/mol. The summed E-state index contributed by atoms with van der Waals surface area (Å²) in [7, 11) is 0. The molecule has 0 radical (unpaired) electrons. The largest absolute Gasteiger partial charge is 0.491 e. The van der Waals surface area contributed by atoms with Crippen molar-refractivity contribution < 1.29 is 9.47 Å². The normalized spacial score (nSPS) is 10.4. The molecule has 0 fully saturated rings. The molecule has 26 heavy (non-hydrogen) atoms. The molecule has 3 aromatic carbocycles. The van der Waals surface area contributed by atoms with E-state index in [1.807, 2.05) is 67.6 Å². The van der Waals surface area contributed by atoms with Gasteiger partial charge in [-0.15, -0.1) is 0 Å². The van der Waals surface area contributed by atoms with Crippen molar-refractivity contribution >= 4 is 17.3 Å². The second kappa shape index (κ2) is 9.16. The standard InChI is InChI=1S/C22H22ClNO2/c1-17-14-19(23)10-11-22(17)25-13-12-24-20-8-5-9-21(15-20)26-16-18-6-3-2-4-7-18/h2-11,14-15,24H,12-13,16H2,1H3. The van der Waals surface area contributed by atoms with Crippen molar-refractivity contribution in [1.82, 2.24) is 0 Å². The summed E-state index contributed by atoms with van der Waals surface area (Å²) in [6.07, 6.45) is 0. The zero-order valence-electron chi connectivity index (χ0n) is 14.7. The average molecular weight is 368 g/mol. The molecule has 0 amide bonds. The third-order valence-corrected chi connectivity index (χ3v) is 4.14. The maximum absolute atomic E-state index is 5.96. The highest BCUT2D eigenvalue weighted by Gasteiger charge is 2.01. The molecule has 134 valence electrons. The van der Waals surface area contributed by atoms with Crippen molar-refractivity contribution in [1.29, 1.82) is 0 Å². The number of benzene rings is 3. The first-order valence-corrected chi connectivity index (χ1v) is 8.98. The molecule has 0 atom stereocenters. The maximum atomic E-state index is 5.96. The molecule has 0 aliphatic carbocycles. The predicted octanol–water partition coefficient (Wildman–Crippen LogP) is 5.72. The van der Waals surface area contributed by atoms with Crippen LogP contribution < -0.4 is 14.8 Å². The molecule has 4 heteroatoms. The van der Waals surface area contributed by atoms with Crippen molar-refractivity contribution in [2.24, 2.45) is 0 Å². The first kappa shape index (κ1) is 18.2. The third kappa shape index (κ3) is 5.43. The number of ether oxygens (including phenoxy) is 2. The van der Waals surface area contributed by atoms with Gasteiger partial charge in [-0.05, 0) is 48.4 Å². The Hall–Kier alpha value is -2.65. The highest BCUT2D eigenvalue weighted by Crippen LogP contribution is 2.22. The smallest absolute Gasteiger partial charge is 0.122 e. The minimum atomic E-state index is 0.559. The number of nitrogens with one attached hydrogen (secondary N) is 1. The Morgan fingerprint density at radius 3 is 2.54 bits per heavy atom. The van der Waals surface area contributed by atoms with Gasteiger partial charge >= 0.3 is 0 Å². The van der Waals surface area contributed by atoms with E-state index in [2.05, 4.69) is 17.4 Å². The fourth-order valence-electron chi connectivity index (χ4n) is 2.57. The summed E-state index contributed by atoms with van der Waals surface area (Å²) in [6, 6.07) is 23.7. The summed E-state index contributed by atoms with van der Waals surface area (Å²) in [5.74, 6) is 1.70. The Labute approximate surface area is 159 Å². The van der Waals surface area contributed by atoms with Crippen molar-refractivity contribution in [3.8, 4) is 11.5 Å². The monoisotopic (exact) mass is 367 g/mol. The first-order chi connectivity index (χ1) is 12.7. The summed E-state index contributed by atoms with van der Waals surface area (Å²) in [5, 5.41) is 4.08. The van der Waals surface area contributed by atoms with E-state index in [4.69, 9.17) is 21.1 Å². The Bertz CT molecular complexity index is 837. The van der Waals surface area contributed by atoms with Gasteiger partial charge in [0.25, 0.3) is 0 Å². The highest BCUT2D eigenvalue weighted by molar-refractivity contribution is 6.30. The van der Waals surface area contributed by atoms with E-state index >= 15 is 0 Å². The Morgan fingerprint density at radius 2 is 1.73 bits per heavy atom. The Morgan fingerprint density at radius 1 is 0.885 bits per heavy atom. The first-order valence-electron chi connectivity index (χ1n) is 8.60. The van der Waals surface area contributed by atoms with Gasteiger partial charge < -0.3 is 14.8 Å². The van der Waals surface area contributed by atoms with Crippen LogP contribution in [-0.4, -0.2) is 13.2 Å². The molecule has 3 aromatic rings. The zero-order chi connectivity index (χ0) is 18.2. The maximum Gasteiger partial charge on any atom is 0.122 e. The lowest BCUT2D eigenvalue weighted by molar-refractivity contribution is 0.306. The Kier molecular flexibility index (Phi) is 6.39. The fraction of sp³-hybridized carbons (Fsp3) is 0.182. The van der Waals surface area contributed by atoms with Gasteiger partial charge in [0, 0.05) is 23.3 Å². The molecule has 0 unspecified atom stereocenters. The summed E-state index contributed by atoms with van der Waals surface area (Å²) in [5.41, 5.74) is 3.19. The zero-order valence-corrected chi connectivity index (χ0v) is 15.5. The van der Waals surface area contributed by atoms with Crippen LogP contribution >= 0.6 is 11.6 Å². The summed E-state index contributed by atoms with van der Waals surface area (Å²) >= 11 is 5.96. The topological polar surface area (TPSA) is 30.5 Å². The van der Waals surface area contributed by atoms with E-state index in [0.29, 0.717) is 19.8 Å². The van der Waals surface area contributed by atoms with Crippen LogP contribution in [-0.2, 0) is 6.61 Å². The number of anilines is 1. The lowest BCUT2D eigenvalue weighted by Gasteiger charge is -2.12. The van der Waals surface area contributed by atoms with Gasteiger partial charge in [0.2, 0.25) is 0 Å². The molecule has 0 aromatic heterocycles. The van der Waals surface area contributed by atoms with Crippen LogP contribution in [0.25, 0.3) is 0 Å². The molecular formula is C22H22ClNO2. The molecule has 0 aliphatic heterocycles. The molecule has 0 saturated heterocycles. The van der Waals surface area contributed by atoms with E-state index in [0.717, 1.165) is 33.3 Å². The van der Waals surface area contributed by atoms with Gasteiger partial charge in [0.15, 0.2) is 0 Å². The second-order valence-electron chi connectivity index (χ2n) is 5.99. The van der Waals surface area contributed by atoms with Crippen LogP contribution in [0.4, 0.5) is 5.69 Å². The van der Waals surface area contributed by atoms with Crippen LogP contribution in [0.3, 0.4) is 0 Å². The molecule has 0 spiro atoms. The van der Waals surface area contributed by atoms with Gasteiger partial charge in [-0.25, -0.2) is 0 Å². The average Bonchev–Trinajstić information content (AvgIpc) is 2.66. The summed E-state index contributed by atoms with van der Waals surface area (Å²) in [4.78, 5) is 0. The molecule has 3 nitrogen and oxygen atoms in total. The van der Waals surface area contributed by atoms with Gasteiger partial charge in [0.1, 0.15) is 24.7 Å². The minimum absolute atomic E-state index is 0.559. The quantitative estimate of drug-likeness (QED) is 0.516. The van der Waals surface area contributed by atoms with Crippen molar-refractivity contribution in [2.45, 2.75) is 13.5 Å². The summed E-state index contributed by atoms with van der Waals surface area (Å²) < 4.78 is 11.6. The molecule has 3 rings (SSSR count). The second-order valence-corrected chi connectivity index (χ2v) is 6.42. The van der Waals surface area contributed by atoms with Crippen molar-refractivity contribution in [3.63, 3.8) is 0 Å². The van der Waals surface area contributed by atoms with E-state index in [-0.39, 0.29) is 0 Å². The SMILES string of the molecule is Cc1cc(Cl)ccc1OCCNc1cccc(OCc2ccccc2)c1. The molecule has 0 bridgehead atoms. The molecule has 0 heterocycles. The predicted molar refractivity (Wildman–Crippen MR) is 107 cm³/mol. The number of hydrogen-bond donors (Lipinski definition) is 1. The number of hydrogen-bond acceptors (Lipinski definition) is 3. The van der Waals surface area contributed by atoms with Crippen LogP contribution in [0.15, 0.2) is 72.8 Å². The van der Waals surface area contributed by atoms with Crippen LogP contribution in [0.2, 0.25) is 5.02 Å². The minimum Gasteiger partial charge on any atom is -0.491 e. The fourth-order valence-corrected chi connectivity index (χ4v) is 2.79. The van der Waals surface area contributed by atoms with Gasteiger partial charge in [-0.3, -0.25) is 0 Å². The number of halogens is 1. The molecule has 1 N–H and O–H groups in total. The van der Waals surface area contributed by atoms with Crippen LogP contribution in [0.1, 0.15) is 11.1 Å². The number of rotatable bonds is 8. The van der Waals surface area contributed by atoms with Crippen molar-refractivity contribution in [2.75, 3.05) is 18.5 Å². The van der Waals surface area contributed by atoms with Gasteiger partial charge in [0.05, 0.1) is 0 Å². The van der Waals surface area contributed by atoms with Crippen LogP contribution in [0, 0.1) is 6.92 Å². The van der Waals surface area contributed by atoms with E-state index in [9.17, 15) is 0 Å². The van der Waals surface area contributed by atoms with Crippen molar-refractivity contribution in [3.05, 3.63) is 88.9 Å². The lowest BCUT2D eigenvalue weighted by Crippen LogP contribution is -2.12. The van der Waals surface area contributed by atoms with Gasteiger partial charge in [-0.2, -0.15) is 0 Å². The molecule has 0 saturated carbocycles. The van der Waals surface area contributed by atoms with E-state index in [1.54, 1.807) is 0 Å². The summed E-state index contributed by atoms with van der Waals surface area (Å²) in [6.45, 7) is 3.81. The highest BCUT2D eigenvalue weighted by atomic mass is 35.5. The van der Waals surface area contributed by atoms with Crippen LogP contribution in [0.5, 0.6) is 11.5 Å². The van der Waals surface area contributed by atoms with E-state index < -0.39 is 0 Å².